The number of hydrogen-bond donors (Lipinski definition) is 2. The molecule has 0 saturated heterocycles. The van der Waals surface area contributed by atoms with Gasteiger partial charge in [0.2, 0.25) is 0 Å². The van der Waals surface area contributed by atoms with Crippen molar-refractivity contribution in [2.45, 2.75) is 9.79 Å². The SMILES string of the molecule is O=S(=O)([O-])c1cc(N=Nc2ccccc2S(=O)(=O)CCO)c2ccccc2c1O.[K+]. The molecule has 0 spiro atoms. The van der Waals surface area contributed by atoms with E-state index in [1.807, 2.05) is 0 Å². The van der Waals surface area contributed by atoms with Gasteiger partial charge in [-0.15, -0.1) is 10.2 Å². The Labute approximate surface area is 215 Å². The Balaban J connectivity index is 0.00000320. The van der Waals surface area contributed by atoms with Crippen molar-refractivity contribution in [3.05, 3.63) is 54.6 Å². The first-order valence-corrected chi connectivity index (χ1v) is 11.3. The van der Waals surface area contributed by atoms with Crippen molar-refractivity contribution in [3.8, 4) is 5.75 Å². The first-order chi connectivity index (χ1) is 13.6. The van der Waals surface area contributed by atoms with Crippen LogP contribution in [0.2, 0.25) is 0 Å². The summed E-state index contributed by atoms with van der Waals surface area (Å²) in [5, 5.41) is 27.4. The number of hydrogen-bond acceptors (Lipinski definition) is 9. The molecule has 0 fully saturated rings. The molecule has 0 aromatic heterocycles. The van der Waals surface area contributed by atoms with Crippen LogP contribution >= 0.6 is 0 Å². The molecule has 30 heavy (non-hydrogen) atoms. The normalized spacial score (nSPS) is 12.2. The summed E-state index contributed by atoms with van der Waals surface area (Å²) in [5.41, 5.74) is -0.0631. The molecule has 3 rings (SSSR count). The van der Waals surface area contributed by atoms with E-state index in [0.29, 0.717) is 5.39 Å². The summed E-state index contributed by atoms with van der Waals surface area (Å²) in [6.45, 7) is -0.568. The van der Waals surface area contributed by atoms with Crippen molar-refractivity contribution in [3.63, 3.8) is 0 Å². The minimum atomic E-state index is -4.99. The smallest absolute Gasteiger partial charge is 0.744 e. The third-order valence-electron chi connectivity index (χ3n) is 4.05. The molecular formula is C18H15KN2O7S2. The predicted molar refractivity (Wildman–Crippen MR) is 103 cm³/mol. The van der Waals surface area contributed by atoms with E-state index in [9.17, 15) is 26.5 Å². The van der Waals surface area contributed by atoms with E-state index >= 15 is 0 Å². The summed E-state index contributed by atoms with van der Waals surface area (Å²) < 4.78 is 59.1. The molecular weight excluding hydrogens is 459 g/mol. The van der Waals surface area contributed by atoms with Crippen molar-refractivity contribution < 1.29 is 83.0 Å². The van der Waals surface area contributed by atoms with Crippen LogP contribution in [0.3, 0.4) is 0 Å². The second-order valence-corrected chi connectivity index (χ2v) is 9.38. The fourth-order valence-corrected chi connectivity index (χ4v) is 4.51. The molecule has 0 aliphatic heterocycles. The molecule has 3 aromatic rings. The third-order valence-corrected chi connectivity index (χ3v) is 6.64. The molecule has 0 bridgehead atoms. The maximum atomic E-state index is 12.3. The number of nitrogens with zero attached hydrogens (tertiary/aromatic N) is 2. The number of aromatic hydroxyl groups is 1. The average Bonchev–Trinajstić information content (AvgIpc) is 2.67. The van der Waals surface area contributed by atoms with Gasteiger partial charge in [0, 0.05) is 10.8 Å². The molecule has 0 radical (unpaired) electrons. The molecule has 152 valence electrons. The summed E-state index contributed by atoms with van der Waals surface area (Å²) in [6.07, 6.45) is 0. The van der Waals surface area contributed by atoms with Gasteiger partial charge >= 0.3 is 51.4 Å². The largest absolute Gasteiger partial charge is 1.00 e. The second-order valence-electron chi connectivity index (χ2n) is 5.95. The molecule has 3 aromatic carbocycles. The average molecular weight is 475 g/mol. The zero-order chi connectivity index (χ0) is 21.2. The van der Waals surface area contributed by atoms with E-state index in [1.54, 1.807) is 18.2 Å². The van der Waals surface area contributed by atoms with Crippen molar-refractivity contribution in [2.75, 3.05) is 12.4 Å². The van der Waals surface area contributed by atoms with Gasteiger partial charge < -0.3 is 14.8 Å². The molecule has 0 aliphatic rings. The van der Waals surface area contributed by atoms with E-state index < -0.39 is 43.0 Å². The minimum Gasteiger partial charge on any atom is -0.744 e. The maximum Gasteiger partial charge on any atom is 1.00 e. The number of fused-ring (bicyclic) bond motifs is 1. The number of phenolic OH excluding ortho intramolecular Hbond substituents is 1. The molecule has 0 aliphatic carbocycles. The standard InChI is InChI=1S/C18H16N2O7S2.K/c21-9-10-28(23,24)16-8-4-3-7-14(16)19-20-15-11-17(29(25,26)27)18(22)13-6-2-1-5-12(13)15;/h1-8,11,21-22H,9-10H2,(H,25,26,27);/q;+1/p-1. The molecule has 0 heterocycles. The van der Waals surface area contributed by atoms with Crippen molar-refractivity contribution in [1.29, 1.82) is 0 Å². The molecule has 0 unspecified atom stereocenters. The van der Waals surface area contributed by atoms with Crippen molar-refractivity contribution >= 4 is 42.1 Å². The first kappa shape index (κ1) is 25.0. The molecule has 12 heteroatoms. The Morgan fingerprint density at radius 1 is 0.833 bits per heavy atom. The van der Waals surface area contributed by atoms with Gasteiger partial charge in [-0.2, -0.15) is 0 Å². The Bertz CT molecular complexity index is 1320. The number of aliphatic hydroxyl groups is 1. The second kappa shape index (κ2) is 9.93. The van der Waals surface area contributed by atoms with Gasteiger partial charge in [0.15, 0.2) is 9.84 Å². The van der Waals surface area contributed by atoms with E-state index in [4.69, 9.17) is 5.11 Å². The quantitative estimate of drug-likeness (QED) is 0.280. The topological polar surface area (TPSA) is 157 Å². The maximum absolute atomic E-state index is 12.3. The number of benzene rings is 3. The summed E-state index contributed by atoms with van der Waals surface area (Å²) in [7, 11) is -8.81. The number of azo groups is 1. The Kier molecular flexibility index (Phi) is 8.29. The molecule has 9 nitrogen and oxygen atoms in total. The van der Waals surface area contributed by atoms with Crippen LogP contribution in [0.25, 0.3) is 10.8 Å². The molecule has 0 atom stereocenters. The Morgan fingerprint density at radius 3 is 2.03 bits per heavy atom. The van der Waals surface area contributed by atoms with E-state index in [2.05, 4.69) is 10.2 Å². The number of aliphatic hydroxyl groups excluding tert-OH is 1. The summed E-state index contributed by atoms with van der Waals surface area (Å²) in [5.74, 6) is -1.19. The summed E-state index contributed by atoms with van der Waals surface area (Å²) in [4.78, 5) is -1.01. The van der Waals surface area contributed by atoms with Gasteiger partial charge in [0.05, 0.1) is 27.8 Å². The monoisotopic (exact) mass is 474 g/mol. The Morgan fingerprint density at radius 2 is 1.40 bits per heavy atom. The molecule has 0 amide bonds. The molecule has 2 N–H and O–H groups in total. The van der Waals surface area contributed by atoms with Gasteiger partial charge in [-0.25, -0.2) is 16.8 Å². The van der Waals surface area contributed by atoms with Crippen molar-refractivity contribution in [1.82, 2.24) is 0 Å². The fraction of sp³-hybridized carbons (Fsp3) is 0.111. The van der Waals surface area contributed by atoms with Crippen molar-refractivity contribution in [2.24, 2.45) is 10.2 Å². The van der Waals surface area contributed by atoms with Crippen LogP contribution in [-0.2, 0) is 20.0 Å². The van der Waals surface area contributed by atoms with Crippen LogP contribution < -0.4 is 51.4 Å². The van der Waals surface area contributed by atoms with Gasteiger partial charge in [-0.1, -0.05) is 36.4 Å². The van der Waals surface area contributed by atoms with Crippen LogP contribution in [0, 0.1) is 0 Å². The predicted octanol–water partition coefficient (Wildman–Crippen LogP) is -0.365. The van der Waals surface area contributed by atoms with Gasteiger partial charge in [-0.3, -0.25) is 0 Å². The van der Waals surface area contributed by atoms with Crippen LogP contribution in [0.1, 0.15) is 0 Å². The molecule has 0 saturated carbocycles. The van der Waals surface area contributed by atoms with E-state index in [0.717, 1.165) is 6.07 Å². The summed E-state index contributed by atoms with van der Waals surface area (Å²) in [6, 6.07) is 12.7. The van der Waals surface area contributed by atoms with E-state index in [1.165, 1.54) is 30.3 Å². The minimum absolute atomic E-state index is 0. The third kappa shape index (κ3) is 5.33. The Hall–Kier alpha value is -1.22. The summed E-state index contributed by atoms with van der Waals surface area (Å²) >= 11 is 0. The van der Waals surface area contributed by atoms with Gasteiger partial charge in [0.25, 0.3) is 0 Å². The van der Waals surface area contributed by atoms with Crippen LogP contribution in [0.5, 0.6) is 5.75 Å². The van der Waals surface area contributed by atoms with Crippen LogP contribution in [0.4, 0.5) is 11.4 Å². The van der Waals surface area contributed by atoms with E-state index in [-0.39, 0.29) is 73.0 Å². The van der Waals surface area contributed by atoms with Crippen LogP contribution in [0.15, 0.2) is 74.6 Å². The zero-order valence-electron chi connectivity index (χ0n) is 15.8. The number of rotatable bonds is 6. The number of sulfone groups is 1. The fourth-order valence-electron chi connectivity index (χ4n) is 2.73. The first-order valence-electron chi connectivity index (χ1n) is 8.20. The van der Waals surface area contributed by atoms with Gasteiger partial charge in [-0.05, 0) is 18.2 Å². The van der Waals surface area contributed by atoms with Crippen LogP contribution in [-0.4, -0.2) is 44.0 Å². The zero-order valence-corrected chi connectivity index (χ0v) is 20.5. The number of phenols is 1. The van der Waals surface area contributed by atoms with Gasteiger partial charge in [0.1, 0.15) is 21.6 Å².